The SMILES string of the molecule is COc1ccc([C@@H]2Oc3ccc(F)cc3C3=C2[C@@H](c2ccc(Cl)cc2Cl)n2ncnc2N3)cc1. The molecule has 0 saturated heterocycles. The van der Waals surface area contributed by atoms with Crippen molar-refractivity contribution in [3.05, 3.63) is 105 Å². The quantitative estimate of drug-likeness (QED) is 0.362. The van der Waals surface area contributed by atoms with Gasteiger partial charge in [-0.15, -0.1) is 0 Å². The molecule has 34 heavy (non-hydrogen) atoms. The third kappa shape index (κ3) is 3.31. The maximum atomic E-state index is 14.3. The molecule has 0 spiro atoms. The van der Waals surface area contributed by atoms with E-state index in [2.05, 4.69) is 15.4 Å². The molecule has 6 nitrogen and oxygen atoms in total. The summed E-state index contributed by atoms with van der Waals surface area (Å²) in [4.78, 5) is 4.37. The molecule has 2 aliphatic rings. The van der Waals surface area contributed by atoms with Gasteiger partial charge in [0, 0.05) is 21.2 Å². The zero-order chi connectivity index (χ0) is 23.4. The lowest BCUT2D eigenvalue weighted by molar-refractivity contribution is 0.222. The number of anilines is 1. The van der Waals surface area contributed by atoms with Crippen LogP contribution in [0, 0.1) is 5.82 Å². The Labute approximate surface area is 204 Å². The lowest BCUT2D eigenvalue weighted by Crippen LogP contribution is -2.32. The molecule has 170 valence electrons. The maximum absolute atomic E-state index is 14.3. The smallest absolute Gasteiger partial charge is 0.226 e. The van der Waals surface area contributed by atoms with Gasteiger partial charge in [-0.2, -0.15) is 10.1 Å². The van der Waals surface area contributed by atoms with Gasteiger partial charge in [0.2, 0.25) is 5.95 Å². The Balaban J connectivity index is 1.63. The first-order chi connectivity index (χ1) is 16.5. The van der Waals surface area contributed by atoms with Crippen molar-refractivity contribution >= 4 is 34.8 Å². The van der Waals surface area contributed by atoms with Crippen LogP contribution in [0.15, 0.2) is 72.6 Å². The van der Waals surface area contributed by atoms with Gasteiger partial charge < -0.3 is 14.8 Å². The van der Waals surface area contributed by atoms with Crippen molar-refractivity contribution in [3.8, 4) is 11.5 Å². The fourth-order valence-electron chi connectivity index (χ4n) is 4.52. The van der Waals surface area contributed by atoms with Crippen molar-refractivity contribution in [1.82, 2.24) is 14.8 Å². The van der Waals surface area contributed by atoms with Crippen LogP contribution in [0.4, 0.5) is 10.3 Å². The fraction of sp³-hybridized carbons (Fsp3) is 0.120. The minimum absolute atomic E-state index is 0.369. The molecule has 9 heteroatoms. The molecule has 0 radical (unpaired) electrons. The van der Waals surface area contributed by atoms with Crippen molar-refractivity contribution in [2.75, 3.05) is 12.4 Å². The summed E-state index contributed by atoms with van der Waals surface area (Å²) in [6.45, 7) is 0. The number of hydrogen-bond acceptors (Lipinski definition) is 5. The van der Waals surface area contributed by atoms with Crippen LogP contribution in [0.1, 0.15) is 28.8 Å². The second kappa shape index (κ2) is 8.04. The number of rotatable bonds is 3. The highest BCUT2D eigenvalue weighted by atomic mass is 35.5. The minimum Gasteiger partial charge on any atom is -0.497 e. The fourth-order valence-corrected chi connectivity index (χ4v) is 5.03. The van der Waals surface area contributed by atoms with E-state index in [4.69, 9.17) is 32.7 Å². The predicted octanol–water partition coefficient (Wildman–Crippen LogP) is 6.29. The summed E-state index contributed by atoms with van der Waals surface area (Å²) in [6.07, 6.45) is 0.952. The monoisotopic (exact) mass is 494 g/mol. The van der Waals surface area contributed by atoms with E-state index in [9.17, 15) is 4.39 Å². The molecule has 0 amide bonds. The highest BCUT2D eigenvalue weighted by molar-refractivity contribution is 6.35. The number of halogens is 3. The van der Waals surface area contributed by atoms with Crippen molar-refractivity contribution < 1.29 is 13.9 Å². The highest BCUT2D eigenvalue weighted by Crippen LogP contribution is 2.51. The van der Waals surface area contributed by atoms with Crippen LogP contribution in [0.5, 0.6) is 11.5 Å². The van der Waals surface area contributed by atoms with Crippen molar-refractivity contribution in [2.24, 2.45) is 0 Å². The Morgan fingerprint density at radius 2 is 1.88 bits per heavy atom. The number of nitrogens with one attached hydrogen (secondary N) is 1. The van der Waals surface area contributed by atoms with E-state index >= 15 is 0 Å². The number of fused-ring (bicyclic) bond motifs is 3. The normalized spacial score (nSPS) is 18.4. The van der Waals surface area contributed by atoms with Gasteiger partial charge >= 0.3 is 0 Å². The summed E-state index contributed by atoms with van der Waals surface area (Å²) in [7, 11) is 1.62. The lowest BCUT2D eigenvalue weighted by Gasteiger charge is -2.39. The molecule has 0 saturated carbocycles. The zero-order valence-electron chi connectivity index (χ0n) is 17.8. The average molecular weight is 495 g/mol. The van der Waals surface area contributed by atoms with Gasteiger partial charge in [-0.05, 0) is 53.6 Å². The summed E-state index contributed by atoms with van der Waals surface area (Å²) in [6, 6.07) is 17.0. The second-order valence-corrected chi connectivity index (χ2v) is 8.81. The van der Waals surface area contributed by atoms with Crippen LogP contribution in [0.2, 0.25) is 10.0 Å². The zero-order valence-corrected chi connectivity index (χ0v) is 19.3. The Morgan fingerprint density at radius 1 is 1.06 bits per heavy atom. The van der Waals surface area contributed by atoms with E-state index in [1.165, 1.54) is 18.5 Å². The Kier molecular flexibility index (Phi) is 4.97. The molecule has 0 bridgehead atoms. The summed E-state index contributed by atoms with van der Waals surface area (Å²) >= 11 is 12.9. The van der Waals surface area contributed by atoms with Crippen LogP contribution < -0.4 is 14.8 Å². The molecule has 3 aromatic carbocycles. The van der Waals surface area contributed by atoms with Gasteiger partial charge in [-0.25, -0.2) is 9.07 Å². The summed E-state index contributed by atoms with van der Waals surface area (Å²) in [5.41, 5.74) is 3.80. The number of nitrogens with zero attached hydrogens (tertiary/aromatic N) is 3. The van der Waals surface area contributed by atoms with Gasteiger partial charge in [0.25, 0.3) is 0 Å². The Bertz CT molecular complexity index is 1450. The largest absolute Gasteiger partial charge is 0.497 e. The van der Waals surface area contributed by atoms with E-state index in [0.717, 1.165) is 22.4 Å². The van der Waals surface area contributed by atoms with E-state index in [1.54, 1.807) is 30.0 Å². The molecule has 0 fully saturated rings. The summed E-state index contributed by atoms with van der Waals surface area (Å²) in [5, 5.41) is 8.81. The molecule has 0 aliphatic carbocycles. The van der Waals surface area contributed by atoms with Gasteiger partial charge in [-0.3, -0.25) is 0 Å². The van der Waals surface area contributed by atoms with Crippen LogP contribution in [-0.4, -0.2) is 21.9 Å². The Morgan fingerprint density at radius 3 is 2.65 bits per heavy atom. The average Bonchev–Trinajstić information content (AvgIpc) is 3.31. The van der Waals surface area contributed by atoms with E-state index in [0.29, 0.717) is 33.0 Å². The highest BCUT2D eigenvalue weighted by Gasteiger charge is 2.41. The lowest BCUT2D eigenvalue weighted by atomic mass is 9.84. The number of ether oxygens (including phenoxy) is 2. The van der Waals surface area contributed by atoms with E-state index in [1.807, 2.05) is 30.3 Å². The second-order valence-electron chi connectivity index (χ2n) is 7.96. The molecule has 4 aromatic rings. The number of benzene rings is 3. The minimum atomic E-state index is -0.513. The van der Waals surface area contributed by atoms with Gasteiger partial charge in [0.1, 0.15) is 35.8 Å². The third-order valence-electron chi connectivity index (χ3n) is 6.05. The predicted molar refractivity (Wildman–Crippen MR) is 128 cm³/mol. The molecular formula is C25H17Cl2FN4O2. The first kappa shape index (κ1) is 21.0. The number of hydrogen-bond donors (Lipinski definition) is 1. The van der Waals surface area contributed by atoms with Crippen LogP contribution >= 0.6 is 23.2 Å². The molecule has 1 N–H and O–H groups in total. The van der Waals surface area contributed by atoms with Crippen molar-refractivity contribution in [1.29, 1.82) is 0 Å². The molecule has 2 aliphatic heterocycles. The summed E-state index contributed by atoms with van der Waals surface area (Å²) < 4.78 is 27.9. The van der Waals surface area contributed by atoms with E-state index in [-0.39, 0.29) is 5.82 Å². The summed E-state index contributed by atoms with van der Waals surface area (Å²) in [5.74, 6) is 1.43. The number of methoxy groups -OCH3 is 1. The van der Waals surface area contributed by atoms with Gasteiger partial charge in [0.15, 0.2) is 0 Å². The Hall–Kier alpha value is -3.55. The van der Waals surface area contributed by atoms with Crippen LogP contribution in [0.25, 0.3) is 5.70 Å². The number of aromatic nitrogens is 3. The molecule has 1 aromatic heterocycles. The molecule has 0 unspecified atom stereocenters. The van der Waals surface area contributed by atoms with Gasteiger partial charge in [0.05, 0.1) is 12.8 Å². The first-order valence-corrected chi connectivity index (χ1v) is 11.2. The van der Waals surface area contributed by atoms with Crippen LogP contribution in [-0.2, 0) is 0 Å². The van der Waals surface area contributed by atoms with Crippen molar-refractivity contribution in [3.63, 3.8) is 0 Å². The van der Waals surface area contributed by atoms with Crippen molar-refractivity contribution in [2.45, 2.75) is 12.1 Å². The third-order valence-corrected chi connectivity index (χ3v) is 6.61. The topological polar surface area (TPSA) is 61.2 Å². The standard InChI is InChI=1S/C25H17Cl2FN4O2/c1-33-16-6-2-13(3-7-16)24-21-22(18-11-15(28)5-9-20(18)34-24)31-25-29-12-30-32(25)23(21)17-8-4-14(26)10-19(17)27/h2-12,23-24H,1H3,(H,29,30,31)/t23-,24+/m1/s1. The van der Waals surface area contributed by atoms with Gasteiger partial charge in [-0.1, -0.05) is 41.4 Å². The van der Waals surface area contributed by atoms with Crippen LogP contribution in [0.3, 0.4) is 0 Å². The van der Waals surface area contributed by atoms with E-state index < -0.39 is 12.1 Å². The molecular weight excluding hydrogens is 478 g/mol. The maximum Gasteiger partial charge on any atom is 0.226 e. The first-order valence-electron chi connectivity index (χ1n) is 10.5. The molecule has 2 atom stereocenters. The molecule has 3 heterocycles. The molecule has 6 rings (SSSR count).